The molecule has 1 aromatic carbocycles. The largest absolute Gasteiger partial charge is 0.394 e. The van der Waals surface area contributed by atoms with E-state index in [-0.39, 0.29) is 5.96 Å². The minimum atomic E-state index is -4.67. The smallest absolute Gasteiger partial charge is 0.370 e. The Morgan fingerprint density at radius 3 is 1.92 bits per heavy atom. The summed E-state index contributed by atoms with van der Waals surface area (Å²) in [5.74, 6) is 0.197. The van der Waals surface area contributed by atoms with Crippen LogP contribution in [0.15, 0.2) is 12.1 Å². The quantitative estimate of drug-likeness (QED) is 0.352. The van der Waals surface area contributed by atoms with Crippen molar-refractivity contribution in [1.82, 2.24) is 9.80 Å². The molecule has 0 bridgehead atoms. The van der Waals surface area contributed by atoms with Gasteiger partial charge in [0.25, 0.3) is 0 Å². The average Bonchev–Trinajstić information content (AvgIpc) is 2.41. The first-order chi connectivity index (χ1) is 11.0. The second-order valence-corrected chi connectivity index (χ2v) is 6.87. The molecule has 24 heavy (non-hydrogen) atoms. The number of nitrogens with one attached hydrogen (secondary N) is 1. The summed E-state index contributed by atoms with van der Waals surface area (Å²) >= 11 is 0. The topological polar surface area (TPSA) is 131 Å². The van der Waals surface area contributed by atoms with Crippen LogP contribution < -0.4 is 5.73 Å². The molecule has 0 spiro atoms. The van der Waals surface area contributed by atoms with E-state index in [0.29, 0.717) is 0 Å². The van der Waals surface area contributed by atoms with E-state index in [9.17, 15) is 0 Å². The second kappa shape index (κ2) is 8.43. The van der Waals surface area contributed by atoms with Crippen molar-refractivity contribution in [2.75, 3.05) is 26.2 Å². The van der Waals surface area contributed by atoms with E-state index >= 15 is 0 Å². The van der Waals surface area contributed by atoms with Gasteiger partial charge in [0.05, 0.1) is 0 Å². The number of hydrogen-bond donors (Lipinski definition) is 4. The van der Waals surface area contributed by atoms with Crippen LogP contribution in [0.5, 0.6) is 0 Å². The van der Waals surface area contributed by atoms with Crippen LogP contribution in [-0.4, -0.2) is 59.5 Å². The van der Waals surface area contributed by atoms with Gasteiger partial charge in [-0.25, -0.2) is 0 Å². The van der Waals surface area contributed by atoms with E-state index in [1.807, 2.05) is 4.90 Å². The van der Waals surface area contributed by atoms with Crippen molar-refractivity contribution >= 4 is 16.4 Å². The Labute approximate surface area is 143 Å². The molecule has 8 nitrogen and oxygen atoms in total. The lowest BCUT2D eigenvalue weighted by atomic mass is 9.99. The molecule has 0 amide bonds. The third kappa shape index (κ3) is 7.26. The van der Waals surface area contributed by atoms with Crippen LogP contribution >= 0.6 is 0 Å². The Hall–Kier alpha value is -1.68. The van der Waals surface area contributed by atoms with Gasteiger partial charge in [-0.1, -0.05) is 17.7 Å². The maximum atomic E-state index is 8.74. The van der Waals surface area contributed by atoms with Crippen LogP contribution in [0.4, 0.5) is 0 Å². The van der Waals surface area contributed by atoms with Gasteiger partial charge in [-0.3, -0.25) is 19.4 Å². The average molecular weight is 358 g/mol. The van der Waals surface area contributed by atoms with Crippen molar-refractivity contribution in [3.8, 4) is 0 Å². The molecule has 0 saturated carbocycles. The standard InChI is InChI=1S/C15H24N4.H2O4S/c1-11-8-12(2)14(13(3)9-11)10-18-4-6-19(7-5-18)15(16)17;1-5(2,3)4/h8-9H,4-7,10H2,1-3H3,(H3,16,17);(H2,1,2,3,4). The molecular weight excluding hydrogens is 332 g/mol. The number of hydrogen-bond acceptors (Lipinski definition) is 4. The normalized spacial score (nSPS) is 15.6. The molecule has 0 atom stereocenters. The van der Waals surface area contributed by atoms with Crippen LogP contribution in [0.2, 0.25) is 0 Å². The monoisotopic (exact) mass is 358 g/mol. The van der Waals surface area contributed by atoms with Crippen LogP contribution in [0.25, 0.3) is 0 Å². The van der Waals surface area contributed by atoms with E-state index in [1.54, 1.807) is 0 Å². The Bertz CT molecular complexity index is 652. The SMILES string of the molecule is Cc1cc(C)c(CN2CCN(C(=N)N)CC2)c(C)c1.O=S(=O)(O)O. The van der Waals surface area contributed by atoms with Crippen molar-refractivity contribution in [2.45, 2.75) is 27.3 Å². The van der Waals surface area contributed by atoms with Crippen LogP contribution in [0, 0.1) is 26.2 Å². The highest BCUT2D eigenvalue weighted by Gasteiger charge is 2.18. The van der Waals surface area contributed by atoms with Crippen molar-refractivity contribution in [3.63, 3.8) is 0 Å². The van der Waals surface area contributed by atoms with E-state index < -0.39 is 10.4 Å². The Morgan fingerprint density at radius 2 is 1.54 bits per heavy atom. The molecule has 1 fully saturated rings. The highest BCUT2D eigenvalue weighted by molar-refractivity contribution is 7.79. The molecule has 1 aliphatic rings. The van der Waals surface area contributed by atoms with E-state index in [1.165, 1.54) is 22.3 Å². The summed E-state index contributed by atoms with van der Waals surface area (Å²) in [7, 11) is -4.67. The van der Waals surface area contributed by atoms with Crippen molar-refractivity contribution < 1.29 is 17.5 Å². The zero-order valence-electron chi connectivity index (χ0n) is 14.3. The van der Waals surface area contributed by atoms with Gasteiger partial charge in [-0.05, 0) is 37.5 Å². The van der Waals surface area contributed by atoms with Crippen LogP contribution in [-0.2, 0) is 16.9 Å². The molecule has 2 rings (SSSR count). The maximum absolute atomic E-state index is 8.74. The molecule has 0 aromatic heterocycles. The molecular formula is C15H26N4O4S. The van der Waals surface area contributed by atoms with Gasteiger partial charge in [0, 0.05) is 32.7 Å². The van der Waals surface area contributed by atoms with E-state index in [4.69, 9.17) is 28.7 Å². The lowest BCUT2D eigenvalue weighted by Crippen LogP contribution is -2.50. The summed E-state index contributed by atoms with van der Waals surface area (Å²) in [5.41, 5.74) is 11.1. The molecule has 1 saturated heterocycles. The van der Waals surface area contributed by atoms with Crippen molar-refractivity contribution in [2.24, 2.45) is 5.73 Å². The molecule has 0 unspecified atom stereocenters. The molecule has 1 aliphatic heterocycles. The Balaban J connectivity index is 0.000000505. The van der Waals surface area contributed by atoms with Crippen molar-refractivity contribution in [1.29, 1.82) is 5.41 Å². The first-order valence-electron chi connectivity index (χ1n) is 7.55. The minimum Gasteiger partial charge on any atom is -0.370 e. The predicted molar refractivity (Wildman–Crippen MR) is 93.6 cm³/mol. The number of nitrogens with two attached hydrogens (primary N) is 1. The van der Waals surface area contributed by atoms with Gasteiger partial charge >= 0.3 is 10.4 Å². The van der Waals surface area contributed by atoms with Gasteiger partial charge in [-0.2, -0.15) is 8.42 Å². The first kappa shape index (κ1) is 20.4. The summed E-state index contributed by atoms with van der Waals surface area (Å²) in [6, 6.07) is 4.52. The molecule has 1 heterocycles. The summed E-state index contributed by atoms with van der Waals surface area (Å²) in [4.78, 5) is 4.38. The molecule has 9 heteroatoms. The van der Waals surface area contributed by atoms with E-state index in [2.05, 4.69) is 37.8 Å². The highest BCUT2D eigenvalue weighted by Crippen LogP contribution is 2.19. The zero-order valence-corrected chi connectivity index (χ0v) is 15.1. The van der Waals surface area contributed by atoms with Gasteiger partial charge in [0.1, 0.15) is 0 Å². The number of rotatable bonds is 2. The second-order valence-electron chi connectivity index (χ2n) is 5.97. The number of benzene rings is 1. The van der Waals surface area contributed by atoms with Gasteiger partial charge in [-0.15, -0.1) is 0 Å². The summed E-state index contributed by atoms with van der Waals surface area (Å²) in [6.45, 7) is 11.2. The molecule has 0 aliphatic carbocycles. The summed E-state index contributed by atoms with van der Waals surface area (Å²) in [6.07, 6.45) is 0. The van der Waals surface area contributed by atoms with Gasteiger partial charge in [0.2, 0.25) is 0 Å². The van der Waals surface area contributed by atoms with Crippen LogP contribution in [0.1, 0.15) is 22.3 Å². The fraction of sp³-hybridized carbons (Fsp3) is 0.533. The first-order valence-corrected chi connectivity index (χ1v) is 8.95. The molecule has 136 valence electrons. The Kier molecular flexibility index (Phi) is 7.15. The highest BCUT2D eigenvalue weighted by atomic mass is 32.3. The summed E-state index contributed by atoms with van der Waals surface area (Å²) in [5, 5.41) is 7.45. The Morgan fingerprint density at radius 1 is 1.12 bits per heavy atom. The fourth-order valence-electron chi connectivity index (χ4n) is 2.83. The third-order valence-electron chi connectivity index (χ3n) is 3.94. The molecule has 5 N–H and O–H groups in total. The number of guanidine groups is 1. The van der Waals surface area contributed by atoms with Crippen LogP contribution in [0.3, 0.4) is 0 Å². The van der Waals surface area contributed by atoms with Gasteiger partial charge in [0.15, 0.2) is 5.96 Å². The number of aryl methyl sites for hydroxylation is 3. The van der Waals surface area contributed by atoms with Gasteiger partial charge < -0.3 is 10.6 Å². The number of piperazine rings is 1. The molecule has 0 radical (unpaired) electrons. The zero-order chi connectivity index (χ0) is 18.5. The molecule has 1 aromatic rings. The lowest BCUT2D eigenvalue weighted by molar-refractivity contribution is 0.173. The fourth-order valence-corrected chi connectivity index (χ4v) is 2.83. The van der Waals surface area contributed by atoms with Crippen molar-refractivity contribution in [3.05, 3.63) is 34.4 Å². The minimum absolute atomic E-state index is 0.197. The summed E-state index contributed by atoms with van der Waals surface area (Å²) < 4.78 is 31.6. The predicted octanol–water partition coefficient (Wildman–Crippen LogP) is 0.970. The van der Waals surface area contributed by atoms with E-state index in [0.717, 1.165) is 32.7 Å². The maximum Gasteiger partial charge on any atom is 0.394 e. The third-order valence-corrected chi connectivity index (χ3v) is 3.94. The number of nitrogens with zero attached hydrogens (tertiary/aromatic N) is 2. The lowest BCUT2D eigenvalue weighted by Gasteiger charge is -2.35.